The molecule has 2 atom stereocenters. The fourth-order valence-corrected chi connectivity index (χ4v) is 4.82. The number of carbonyl (C=O) groups excluding carboxylic acids is 1. The maximum atomic E-state index is 13.6. The van der Waals surface area contributed by atoms with Gasteiger partial charge in [-0.3, -0.25) is 4.79 Å². The van der Waals surface area contributed by atoms with Gasteiger partial charge in [-0.15, -0.1) is 10.2 Å². The standard InChI is InChI=1S/C24H17F4N5OS/c25-17-11-9-14(10-12-17)19-20(22(34)29-18-8-4-7-16(13-18)24(26,27)28)35-23-31-30-21(33(23)32-19)15-5-2-1-3-6-15/h1-13,19-20,32H,(H,29,34). The predicted octanol–water partition coefficient (Wildman–Crippen LogP) is 5.50. The molecule has 1 aliphatic heterocycles. The minimum absolute atomic E-state index is 0.0142. The highest BCUT2D eigenvalue weighted by molar-refractivity contribution is 8.00. The lowest BCUT2D eigenvalue weighted by molar-refractivity contribution is -0.137. The number of rotatable bonds is 4. The number of fused-ring (bicyclic) bond motifs is 1. The van der Waals surface area contributed by atoms with Gasteiger partial charge in [0.2, 0.25) is 11.1 Å². The van der Waals surface area contributed by atoms with Crippen LogP contribution in [0.5, 0.6) is 0 Å². The van der Waals surface area contributed by atoms with Gasteiger partial charge in [-0.25, -0.2) is 9.07 Å². The van der Waals surface area contributed by atoms with E-state index in [0.717, 1.165) is 29.5 Å². The van der Waals surface area contributed by atoms with Gasteiger partial charge in [0.05, 0.1) is 11.6 Å². The molecule has 35 heavy (non-hydrogen) atoms. The van der Waals surface area contributed by atoms with E-state index in [0.29, 0.717) is 16.5 Å². The second-order valence-electron chi connectivity index (χ2n) is 7.77. The van der Waals surface area contributed by atoms with Crippen molar-refractivity contribution < 1.29 is 22.4 Å². The summed E-state index contributed by atoms with van der Waals surface area (Å²) in [7, 11) is 0. The highest BCUT2D eigenvalue weighted by atomic mass is 32.2. The van der Waals surface area contributed by atoms with E-state index >= 15 is 0 Å². The van der Waals surface area contributed by atoms with Crippen LogP contribution in [-0.2, 0) is 11.0 Å². The van der Waals surface area contributed by atoms with Crippen LogP contribution in [0.3, 0.4) is 0 Å². The molecule has 2 unspecified atom stereocenters. The van der Waals surface area contributed by atoms with Crippen LogP contribution in [0.15, 0.2) is 84.0 Å². The molecule has 4 aromatic rings. The van der Waals surface area contributed by atoms with Gasteiger partial charge in [0.1, 0.15) is 11.1 Å². The molecular weight excluding hydrogens is 482 g/mol. The quantitative estimate of drug-likeness (QED) is 0.363. The first-order valence-corrected chi connectivity index (χ1v) is 11.4. The van der Waals surface area contributed by atoms with Crippen molar-refractivity contribution in [2.45, 2.75) is 22.6 Å². The zero-order chi connectivity index (χ0) is 24.6. The van der Waals surface area contributed by atoms with Crippen LogP contribution in [0.25, 0.3) is 11.4 Å². The average molecular weight is 499 g/mol. The number of benzene rings is 3. The summed E-state index contributed by atoms with van der Waals surface area (Å²) in [6, 6.07) is 18.7. The Hall–Kier alpha value is -3.86. The number of anilines is 1. The molecule has 1 aromatic heterocycles. The molecule has 1 amide bonds. The third-order valence-corrected chi connectivity index (χ3v) is 6.63. The van der Waals surface area contributed by atoms with Gasteiger partial charge in [-0.05, 0) is 35.9 Å². The smallest absolute Gasteiger partial charge is 0.325 e. The lowest BCUT2D eigenvalue weighted by Crippen LogP contribution is -2.41. The fraction of sp³-hybridized carbons (Fsp3) is 0.125. The van der Waals surface area contributed by atoms with Crippen LogP contribution in [0, 0.1) is 5.82 Å². The molecule has 5 rings (SSSR count). The van der Waals surface area contributed by atoms with E-state index in [4.69, 9.17) is 0 Å². The number of nitrogens with one attached hydrogen (secondary N) is 2. The number of halogens is 4. The zero-order valence-electron chi connectivity index (χ0n) is 17.8. The van der Waals surface area contributed by atoms with Crippen molar-refractivity contribution in [3.05, 3.63) is 95.8 Å². The molecule has 2 N–H and O–H groups in total. The molecule has 1 aliphatic rings. The van der Waals surface area contributed by atoms with Crippen LogP contribution in [0.4, 0.5) is 23.2 Å². The molecule has 0 aliphatic carbocycles. The summed E-state index contributed by atoms with van der Waals surface area (Å²) in [6.07, 6.45) is -4.54. The third kappa shape index (κ3) is 4.72. The van der Waals surface area contributed by atoms with Crippen LogP contribution < -0.4 is 10.7 Å². The van der Waals surface area contributed by atoms with Gasteiger partial charge < -0.3 is 10.7 Å². The number of hydrogen-bond acceptors (Lipinski definition) is 5. The molecule has 0 saturated carbocycles. The van der Waals surface area contributed by atoms with E-state index in [1.165, 1.54) is 24.3 Å². The van der Waals surface area contributed by atoms with Crippen molar-refractivity contribution in [1.29, 1.82) is 0 Å². The maximum Gasteiger partial charge on any atom is 0.416 e. The van der Waals surface area contributed by atoms with Crippen molar-refractivity contribution in [1.82, 2.24) is 14.9 Å². The second-order valence-corrected chi connectivity index (χ2v) is 8.88. The number of alkyl halides is 3. The summed E-state index contributed by atoms with van der Waals surface area (Å²) in [5, 5.41) is 10.6. The monoisotopic (exact) mass is 499 g/mol. The number of aromatic nitrogens is 3. The predicted molar refractivity (Wildman–Crippen MR) is 124 cm³/mol. The summed E-state index contributed by atoms with van der Waals surface area (Å²) in [4.78, 5) is 13.3. The number of carbonyl (C=O) groups is 1. The minimum atomic E-state index is -4.54. The Balaban J connectivity index is 1.49. The molecule has 0 spiro atoms. The van der Waals surface area contributed by atoms with E-state index in [1.54, 1.807) is 16.8 Å². The van der Waals surface area contributed by atoms with Crippen molar-refractivity contribution >= 4 is 23.4 Å². The molecule has 178 valence electrons. The first kappa shape index (κ1) is 22.9. The van der Waals surface area contributed by atoms with Gasteiger partial charge in [0.25, 0.3) is 0 Å². The van der Waals surface area contributed by atoms with Crippen molar-refractivity contribution in [3.8, 4) is 11.4 Å². The van der Waals surface area contributed by atoms with Gasteiger partial charge in [-0.2, -0.15) is 13.2 Å². The summed E-state index contributed by atoms with van der Waals surface area (Å²) < 4.78 is 54.6. The van der Waals surface area contributed by atoms with Crippen LogP contribution in [0.1, 0.15) is 17.2 Å². The summed E-state index contributed by atoms with van der Waals surface area (Å²) in [6.45, 7) is 0. The van der Waals surface area contributed by atoms with Crippen molar-refractivity contribution in [2.24, 2.45) is 0 Å². The number of hydrogen-bond donors (Lipinski definition) is 2. The topological polar surface area (TPSA) is 71.8 Å². The first-order valence-electron chi connectivity index (χ1n) is 10.5. The van der Waals surface area contributed by atoms with Crippen LogP contribution in [0.2, 0.25) is 0 Å². The van der Waals surface area contributed by atoms with Crippen molar-refractivity contribution in [3.63, 3.8) is 0 Å². The van der Waals surface area contributed by atoms with Crippen molar-refractivity contribution in [2.75, 3.05) is 10.7 Å². The largest absolute Gasteiger partial charge is 0.416 e. The lowest BCUT2D eigenvalue weighted by Gasteiger charge is -2.33. The van der Waals surface area contributed by atoms with Crippen LogP contribution >= 0.6 is 11.8 Å². The Morgan fingerprint density at radius 2 is 1.71 bits per heavy atom. The SMILES string of the molecule is O=C(Nc1cccc(C(F)(F)F)c1)C1Sc2nnc(-c3ccccc3)n2NC1c1ccc(F)cc1. The number of thioether (sulfide) groups is 1. The molecule has 3 aromatic carbocycles. The van der Waals surface area contributed by atoms with E-state index in [9.17, 15) is 22.4 Å². The molecule has 6 nitrogen and oxygen atoms in total. The minimum Gasteiger partial charge on any atom is -0.325 e. The Morgan fingerprint density at radius 1 is 0.971 bits per heavy atom. The summed E-state index contributed by atoms with van der Waals surface area (Å²) in [5.41, 5.74) is 3.79. The van der Waals surface area contributed by atoms with Gasteiger partial charge in [-0.1, -0.05) is 60.3 Å². The van der Waals surface area contributed by atoms with E-state index in [1.807, 2.05) is 30.3 Å². The Labute approximate surface area is 201 Å². The number of amides is 1. The average Bonchev–Trinajstić information content (AvgIpc) is 3.27. The van der Waals surface area contributed by atoms with Crippen LogP contribution in [-0.4, -0.2) is 26.0 Å². The molecule has 0 fully saturated rings. The molecular formula is C24H17F4N5OS. The van der Waals surface area contributed by atoms with Gasteiger partial charge >= 0.3 is 6.18 Å². The first-order chi connectivity index (χ1) is 16.8. The Bertz CT molecular complexity index is 1360. The number of nitrogens with zero attached hydrogens (tertiary/aromatic N) is 3. The Kier molecular flexibility index (Phi) is 5.93. The molecule has 11 heteroatoms. The zero-order valence-corrected chi connectivity index (χ0v) is 18.6. The lowest BCUT2D eigenvalue weighted by atomic mass is 10.0. The molecule has 0 bridgehead atoms. The normalized spacial score (nSPS) is 17.4. The highest BCUT2D eigenvalue weighted by Crippen LogP contribution is 2.39. The van der Waals surface area contributed by atoms with Gasteiger partial charge in [0, 0.05) is 11.3 Å². The highest BCUT2D eigenvalue weighted by Gasteiger charge is 2.38. The van der Waals surface area contributed by atoms with E-state index in [2.05, 4.69) is 20.9 Å². The molecule has 0 saturated heterocycles. The third-order valence-electron chi connectivity index (χ3n) is 5.41. The summed E-state index contributed by atoms with van der Waals surface area (Å²) in [5.74, 6) is -0.444. The molecule has 0 radical (unpaired) electrons. The fourth-order valence-electron chi connectivity index (χ4n) is 3.74. The van der Waals surface area contributed by atoms with Gasteiger partial charge in [0.15, 0.2) is 5.82 Å². The van der Waals surface area contributed by atoms with E-state index < -0.39 is 34.8 Å². The van der Waals surface area contributed by atoms with E-state index in [-0.39, 0.29) is 5.69 Å². The summed E-state index contributed by atoms with van der Waals surface area (Å²) >= 11 is 1.12. The Morgan fingerprint density at radius 3 is 2.43 bits per heavy atom. The maximum absolute atomic E-state index is 13.6. The second kappa shape index (κ2) is 9.06. The molecule has 2 heterocycles.